The summed E-state index contributed by atoms with van der Waals surface area (Å²) in [6.07, 6.45) is 8.21. The van der Waals surface area contributed by atoms with Gasteiger partial charge in [0.25, 0.3) is 17.7 Å². The molecule has 4 saturated heterocycles. The normalized spacial score (nSPS) is 16.0. The number of morpholine rings is 1. The molecule has 10 amide bonds. The van der Waals surface area contributed by atoms with Gasteiger partial charge in [-0.15, -0.1) is 0 Å². The third-order valence-corrected chi connectivity index (χ3v) is 26.0. The van der Waals surface area contributed by atoms with Crippen LogP contribution in [-0.4, -0.2) is 240 Å². The summed E-state index contributed by atoms with van der Waals surface area (Å²) in [6, 6.07) is 84.0. The van der Waals surface area contributed by atoms with Gasteiger partial charge >= 0.3 is 18.1 Å². The SMILES string of the molecule is CC(C)Oc1ccccc1C1NC(=O)c2ccccc2N1.CN(C)c1cc(N/N=C\c2ccccc2)nc(N(C)C)n1.CNC(=O)N1CCN(c2nsc3ccccc23)CC1.COc1cccc(C2NCCc3ccccc32)c1.Cc1cccc(NC(=O)CN2C(=O)N(C)C(C)(C)C2=O)c1C.Cc1cccc(NC(=O)N2CCOCC2)c1.O=C(c1ccccc1N1CCCC1)N1CC=C(c2ccccc2)CC1. The van der Waals surface area contributed by atoms with E-state index in [-0.39, 0.29) is 60.5 Å². The maximum absolute atomic E-state index is 13.1. The van der Waals surface area contributed by atoms with E-state index in [0.717, 1.165) is 144 Å². The van der Waals surface area contributed by atoms with Gasteiger partial charge in [0, 0.05) is 154 Å². The van der Waals surface area contributed by atoms with E-state index in [2.05, 4.69) is 152 Å². The molecule has 2 aromatic heterocycles. The molecule has 7 N–H and O–H groups in total. The van der Waals surface area contributed by atoms with Crippen LogP contribution in [0.3, 0.4) is 0 Å². The number of fused-ring (bicyclic) bond motifs is 3. The van der Waals surface area contributed by atoms with Crippen LogP contribution < -0.4 is 66.4 Å². The van der Waals surface area contributed by atoms with E-state index >= 15 is 0 Å². The number of imide groups is 1. The zero-order valence-electron chi connectivity index (χ0n) is 83.7. The second kappa shape index (κ2) is 50.6. The molecule has 19 rings (SSSR count). The minimum atomic E-state index is -0.920. The molecule has 12 aromatic rings. The van der Waals surface area contributed by atoms with Gasteiger partial charge < -0.3 is 85.3 Å². The fourth-order valence-corrected chi connectivity index (χ4v) is 17.7. The second-order valence-electron chi connectivity index (χ2n) is 36.2. The first-order valence-electron chi connectivity index (χ1n) is 48.2. The highest BCUT2D eigenvalue weighted by Gasteiger charge is 2.50. The molecule has 0 aliphatic carbocycles. The van der Waals surface area contributed by atoms with Crippen LogP contribution in [0.5, 0.6) is 11.5 Å². The van der Waals surface area contributed by atoms with Gasteiger partial charge in [-0.25, -0.2) is 14.4 Å². The lowest BCUT2D eigenvalue weighted by atomic mass is 9.90. The number of aromatic nitrogens is 3. The summed E-state index contributed by atoms with van der Waals surface area (Å²) in [4.78, 5) is 110. The summed E-state index contributed by atoms with van der Waals surface area (Å²) in [5, 5.41) is 23.6. The number of carbonyl (C=O) groups is 7. The Bertz CT molecular complexity index is 6310. The highest BCUT2D eigenvalue weighted by molar-refractivity contribution is 7.13. The lowest BCUT2D eigenvalue weighted by Crippen LogP contribution is -2.51. The van der Waals surface area contributed by atoms with Crippen LogP contribution in [0.25, 0.3) is 15.7 Å². The first kappa shape index (κ1) is 104. The first-order chi connectivity index (χ1) is 68.6. The quantitative estimate of drug-likeness (QED) is 0.0238. The first-order valence-corrected chi connectivity index (χ1v) is 49.0. The number of likely N-dealkylation sites (N-methyl/N-ethyl adjacent to an activating group) is 1. The molecule has 2 unspecified atom stereocenters. The molecule has 31 heteroatoms. The number of methoxy groups -OCH3 is 1. The molecule has 2 atom stereocenters. The number of piperazine rings is 1. The van der Waals surface area contributed by atoms with Gasteiger partial charge in [0.1, 0.15) is 41.4 Å². The predicted molar refractivity (Wildman–Crippen MR) is 571 cm³/mol. The third kappa shape index (κ3) is 27.9. The molecule has 7 aliphatic rings. The van der Waals surface area contributed by atoms with E-state index < -0.39 is 11.6 Å². The van der Waals surface area contributed by atoms with E-state index in [1.165, 1.54) is 67.2 Å². The number of ether oxygens (including phenoxy) is 3. The summed E-state index contributed by atoms with van der Waals surface area (Å²) in [5.74, 6) is 4.20. The average molecular weight is 1940 g/mol. The predicted octanol–water partition coefficient (Wildman–Crippen LogP) is 18.1. The smallest absolute Gasteiger partial charge is 0.327 e. The van der Waals surface area contributed by atoms with Crippen LogP contribution >= 0.6 is 11.5 Å². The Kier molecular flexibility index (Phi) is 37.1. The molecule has 142 heavy (non-hydrogen) atoms. The number of hydrogen-bond donors (Lipinski definition) is 7. The number of aryl methyl sites for hydroxylation is 2. The minimum Gasteiger partial charge on any atom is -0.497 e. The summed E-state index contributed by atoms with van der Waals surface area (Å²) in [5.41, 5.74) is 18.8. The van der Waals surface area contributed by atoms with Crippen LogP contribution in [0.2, 0.25) is 0 Å². The molecule has 742 valence electrons. The standard InChI is InChI=1S/C22H24N2O.C17H18N2O2.C16H21N3O3.C16H17NO.C15H20N6.C13H16N4OS.C12H16N2O2/c25-22(20-10-4-5-11-21(20)23-14-6-7-15-23)24-16-12-19(13-17-24)18-8-2-1-3-9-18;1-11(2)21-15-10-6-4-8-13(15)16-18-14-9-5-3-7-12(14)17(20)19-16;1-10-7-6-8-12(11(10)2)17-13(20)9-19-14(21)16(3,4)18(5)15(19)22;1-18-14-7-4-6-13(11-14)16-15-8-3-2-5-12(15)9-10-17-16;1-20(2)14-10-13(17-15(18-14)21(3)4)19-16-11-12-8-6-5-7-9-12;1-14-13(18)17-8-6-16(7-9-17)12-10-4-2-3-5-11(10)19-15-12;1-10-3-2-4-11(9-10)13-12(15)14-5-7-16-8-6-14/h1-5,8-12H,6-7,13-17H2;3-11,16,18H,1-2H3,(H,19,20);6-8H,9H2,1-5H3,(H,17,20);2-8,11,16-17H,9-10H2,1H3;5-11H,1-4H3,(H,17,18,19);2-5H,6-9H2,1H3,(H,14,18);2-4,9H,5-8H2,1H3,(H,13,15)/b;;;;16-11-;;. The molecule has 0 radical (unpaired) electrons. The number of hydrogen-bond acceptors (Lipinski definition) is 22. The number of carbonyl (C=O) groups excluding carboxylic acids is 7. The number of nitrogens with zero attached hydrogens (tertiary/aromatic N) is 13. The molecular weight excluding hydrogens is 1810 g/mol. The maximum atomic E-state index is 13.1. The van der Waals surface area contributed by atoms with Crippen molar-refractivity contribution in [2.24, 2.45) is 5.10 Å². The zero-order chi connectivity index (χ0) is 101. The van der Waals surface area contributed by atoms with Crippen molar-refractivity contribution in [3.63, 3.8) is 0 Å². The highest BCUT2D eigenvalue weighted by Crippen LogP contribution is 2.37. The fourth-order valence-electron chi connectivity index (χ4n) is 16.9. The fraction of sp³-hybridized carbons (Fsp3) is 0.324. The molecule has 4 fully saturated rings. The summed E-state index contributed by atoms with van der Waals surface area (Å²) >= 11 is 1.53. The Labute approximate surface area is 837 Å². The van der Waals surface area contributed by atoms with Crippen molar-refractivity contribution >= 4 is 121 Å². The Balaban J connectivity index is 0.000000140. The van der Waals surface area contributed by atoms with Crippen LogP contribution in [0.15, 0.2) is 266 Å². The Morgan fingerprint density at radius 2 is 1.31 bits per heavy atom. The molecule has 0 spiro atoms. The number of urea groups is 3. The van der Waals surface area contributed by atoms with Gasteiger partial charge in [0.15, 0.2) is 5.82 Å². The number of rotatable bonds is 18. The van der Waals surface area contributed by atoms with Crippen molar-refractivity contribution in [1.29, 1.82) is 0 Å². The van der Waals surface area contributed by atoms with Crippen LogP contribution in [0.1, 0.15) is 130 Å². The van der Waals surface area contributed by atoms with E-state index in [4.69, 9.17) is 14.2 Å². The maximum Gasteiger partial charge on any atom is 0.327 e. The van der Waals surface area contributed by atoms with Crippen LogP contribution in [-0.2, 0) is 20.7 Å². The summed E-state index contributed by atoms with van der Waals surface area (Å²) < 4.78 is 22.1. The van der Waals surface area contributed by atoms with Gasteiger partial charge in [0.05, 0.1) is 54.5 Å². The largest absolute Gasteiger partial charge is 0.497 e. The van der Waals surface area contributed by atoms with Crippen LogP contribution in [0.4, 0.5) is 60.5 Å². The third-order valence-electron chi connectivity index (χ3n) is 25.2. The van der Waals surface area contributed by atoms with E-state index in [1.54, 1.807) is 52.2 Å². The van der Waals surface area contributed by atoms with Gasteiger partial charge in [-0.1, -0.05) is 182 Å². The number of anilines is 8. The molecule has 30 nitrogen and oxygen atoms in total. The van der Waals surface area contributed by atoms with Gasteiger partial charge in [-0.3, -0.25) is 29.5 Å². The number of hydrazone groups is 1. The van der Waals surface area contributed by atoms with Crippen molar-refractivity contribution in [2.45, 2.75) is 98.0 Å². The van der Waals surface area contributed by atoms with Crippen LogP contribution in [0, 0.1) is 20.8 Å². The van der Waals surface area contributed by atoms with E-state index in [9.17, 15) is 33.6 Å². The molecule has 9 heterocycles. The van der Waals surface area contributed by atoms with Crippen molar-refractivity contribution in [2.75, 3.05) is 182 Å². The molecular formula is C111H132N20O10S. The topological polar surface area (TPSA) is 312 Å². The van der Waals surface area contributed by atoms with Gasteiger partial charge in [0.2, 0.25) is 11.9 Å². The average Bonchev–Trinajstić information content (AvgIpc) is 1.62. The van der Waals surface area contributed by atoms with Crippen molar-refractivity contribution < 1.29 is 47.8 Å². The zero-order valence-corrected chi connectivity index (χ0v) is 84.5. The second-order valence-corrected chi connectivity index (χ2v) is 37.0. The van der Waals surface area contributed by atoms with Gasteiger partial charge in [-0.05, 0) is 209 Å². The minimum absolute atomic E-state index is 0.00258. The van der Waals surface area contributed by atoms with E-state index in [1.807, 2.05) is 252 Å². The lowest BCUT2D eigenvalue weighted by Gasteiger charge is -2.34. The van der Waals surface area contributed by atoms with Crippen molar-refractivity contribution in [3.05, 3.63) is 322 Å². The molecule has 0 saturated carbocycles. The Morgan fingerprint density at radius 1 is 0.641 bits per heavy atom. The lowest BCUT2D eigenvalue weighted by molar-refractivity contribution is -0.134. The Morgan fingerprint density at radius 3 is 2.01 bits per heavy atom. The number of benzene rings is 10. The monoisotopic (exact) mass is 1940 g/mol. The van der Waals surface area contributed by atoms with Crippen molar-refractivity contribution in [1.82, 2.24) is 54.8 Å². The number of para-hydroxylation sites is 3. The Hall–Kier alpha value is -15.2. The summed E-state index contributed by atoms with van der Waals surface area (Å²) in [7, 11) is 12.6. The molecule has 10 aromatic carbocycles. The summed E-state index contributed by atoms with van der Waals surface area (Å²) in [6.45, 7) is 23.2. The molecule has 0 bridgehead atoms. The van der Waals surface area contributed by atoms with Gasteiger partial charge in [-0.2, -0.15) is 19.4 Å². The van der Waals surface area contributed by atoms with Crippen molar-refractivity contribution in [3.8, 4) is 11.5 Å². The highest BCUT2D eigenvalue weighted by atomic mass is 32.1. The number of amides is 10. The number of nitrogens with one attached hydrogen (secondary N) is 7. The van der Waals surface area contributed by atoms with E-state index in [0.29, 0.717) is 55.9 Å². The molecule has 7 aliphatic heterocycles.